The minimum absolute atomic E-state index is 0.377. The molecule has 0 aromatic carbocycles. The lowest BCUT2D eigenvalue weighted by Gasteiger charge is -2.32. The van der Waals surface area contributed by atoms with Gasteiger partial charge in [0, 0.05) is 19.1 Å². The molecule has 0 amide bonds. The molecule has 1 aliphatic rings. The van der Waals surface area contributed by atoms with E-state index < -0.39 is 0 Å². The van der Waals surface area contributed by atoms with Crippen LogP contribution in [0.25, 0.3) is 0 Å². The summed E-state index contributed by atoms with van der Waals surface area (Å²) in [4.78, 5) is 18.2. The van der Waals surface area contributed by atoms with Crippen LogP contribution < -0.4 is 5.32 Å². The van der Waals surface area contributed by atoms with Crippen LogP contribution in [-0.4, -0.2) is 49.1 Å². The van der Waals surface area contributed by atoms with Gasteiger partial charge in [0.15, 0.2) is 0 Å². The first-order valence-corrected chi connectivity index (χ1v) is 6.67. The summed E-state index contributed by atoms with van der Waals surface area (Å²) in [6.07, 6.45) is 2.42. The van der Waals surface area contributed by atoms with Crippen LogP contribution in [0, 0.1) is 0 Å². The van der Waals surface area contributed by atoms with E-state index in [1.165, 1.54) is 20.0 Å². The fourth-order valence-electron chi connectivity index (χ4n) is 2.45. The van der Waals surface area contributed by atoms with E-state index >= 15 is 0 Å². The van der Waals surface area contributed by atoms with Crippen LogP contribution in [0.4, 0.5) is 0 Å². The topological polar surface area (TPSA) is 54.5 Å². The van der Waals surface area contributed by atoms with Crippen molar-refractivity contribution in [3.05, 3.63) is 29.6 Å². The molecule has 1 fully saturated rings. The van der Waals surface area contributed by atoms with Crippen molar-refractivity contribution in [1.82, 2.24) is 15.2 Å². The number of esters is 1. The van der Waals surface area contributed by atoms with E-state index in [1.807, 2.05) is 19.2 Å². The Kier molecular flexibility index (Phi) is 4.87. The van der Waals surface area contributed by atoms with Gasteiger partial charge in [-0.3, -0.25) is 4.90 Å². The molecule has 0 spiro atoms. The van der Waals surface area contributed by atoms with E-state index in [4.69, 9.17) is 4.74 Å². The van der Waals surface area contributed by atoms with Crippen LogP contribution >= 0.6 is 0 Å². The van der Waals surface area contributed by atoms with Crippen molar-refractivity contribution in [3.63, 3.8) is 0 Å². The molecule has 1 aromatic rings. The molecular formula is C14H21N3O2. The average molecular weight is 263 g/mol. The van der Waals surface area contributed by atoms with Crippen molar-refractivity contribution in [3.8, 4) is 0 Å². The van der Waals surface area contributed by atoms with Crippen molar-refractivity contribution in [1.29, 1.82) is 0 Å². The zero-order valence-electron chi connectivity index (χ0n) is 11.6. The molecule has 19 heavy (non-hydrogen) atoms. The Hall–Kier alpha value is -1.46. The van der Waals surface area contributed by atoms with E-state index in [-0.39, 0.29) is 5.97 Å². The summed E-state index contributed by atoms with van der Waals surface area (Å²) in [7, 11) is 3.38. The van der Waals surface area contributed by atoms with Gasteiger partial charge >= 0.3 is 5.97 Å². The number of piperidine rings is 1. The van der Waals surface area contributed by atoms with E-state index in [1.54, 1.807) is 6.07 Å². The number of likely N-dealkylation sites (N-methyl/N-ethyl adjacent to an activating group) is 1. The second-order valence-corrected chi connectivity index (χ2v) is 4.87. The number of nitrogens with zero attached hydrogens (tertiary/aromatic N) is 2. The highest BCUT2D eigenvalue weighted by molar-refractivity contribution is 5.87. The van der Waals surface area contributed by atoms with Gasteiger partial charge in [0.25, 0.3) is 0 Å². The van der Waals surface area contributed by atoms with Gasteiger partial charge in [0.05, 0.1) is 12.8 Å². The minimum Gasteiger partial charge on any atom is -0.464 e. The van der Waals surface area contributed by atoms with Crippen molar-refractivity contribution in [2.45, 2.75) is 25.4 Å². The Balaban J connectivity index is 2.00. The maximum atomic E-state index is 11.4. The van der Waals surface area contributed by atoms with Gasteiger partial charge in [-0.15, -0.1) is 0 Å². The molecule has 0 radical (unpaired) electrons. The number of carbonyl (C=O) groups is 1. The average Bonchev–Trinajstić information content (AvgIpc) is 2.47. The molecule has 0 saturated carbocycles. The zero-order chi connectivity index (χ0) is 13.7. The molecule has 104 valence electrons. The quantitative estimate of drug-likeness (QED) is 0.823. The first-order valence-electron chi connectivity index (χ1n) is 6.67. The van der Waals surface area contributed by atoms with Gasteiger partial charge in [0.1, 0.15) is 5.69 Å². The standard InChI is InChI=1S/C14H21N3O2/c1-15-11-6-4-8-17(9-11)10-12-5-3-7-13(16-12)14(18)19-2/h3,5,7,11,15H,4,6,8-10H2,1-2H3. The van der Waals surface area contributed by atoms with Crippen LogP contribution in [0.15, 0.2) is 18.2 Å². The molecule has 0 bridgehead atoms. The number of hydrogen-bond acceptors (Lipinski definition) is 5. The number of likely N-dealkylation sites (tertiary alicyclic amines) is 1. The predicted molar refractivity (Wildman–Crippen MR) is 72.9 cm³/mol. The van der Waals surface area contributed by atoms with E-state index in [2.05, 4.69) is 15.2 Å². The third-order valence-electron chi connectivity index (χ3n) is 3.50. The highest BCUT2D eigenvalue weighted by Crippen LogP contribution is 2.13. The molecule has 1 N–H and O–H groups in total. The van der Waals surface area contributed by atoms with Gasteiger partial charge in [-0.05, 0) is 38.6 Å². The van der Waals surface area contributed by atoms with Crippen LogP contribution in [-0.2, 0) is 11.3 Å². The second kappa shape index (κ2) is 6.63. The van der Waals surface area contributed by atoms with Crippen molar-refractivity contribution in [2.75, 3.05) is 27.2 Å². The molecule has 5 nitrogen and oxygen atoms in total. The fraction of sp³-hybridized carbons (Fsp3) is 0.571. The maximum absolute atomic E-state index is 11.4. The molecule has 5 heteroatoms. The van der Waals surface area contributed by atoms with Crippen molar-refractivity contribution in [2.24, 2.45) is 0 Å². The van der Waals surface area contributed by atoms with Gasteiger partial charge < -0.3 is 10.1 Å². The summed E-state index contributed by atoms with van der Waals surface area (Å²) in [6.45, 7) is 2.89. The third kappa shape index (κ3) is 3.75. The monoisotopic (exact) mass is 263 g/mol. The maximum Gasteiger partial charge on any atom is 0.356 e. The number of methoxy groups -OCH3 is 1. The summed E-state index contributed by atoms with van der Waals surface area (Å²) < 4.78 is 4.69. The van der Waals surface area contributed by atoms with Gasteiger partial charge in [-0.2, -0.15) is 0 Å². The lowest BCUT2D eigenvalue weighted by atomic mass is 10.1. The Morgan fingerprint density at radius 1 is 1.58 bits per heavy atom. The normalized spacial score (nSPS) is 20.2. The lowest BCUT2D eigenvalue weighted by Crippen LogP contribution is -2.44. The molecule has 0 aliphatic carbocycles. The molecule has 1 aromatic heterocycles. The second-order valence-electron chi connectivity index (χ2n) is 4.87. The SMILES string of the molecule is CNC1CCCN(Cc2cccc(C(=O)OC)n2)C1. The van der Waals surface area contributed by atoms with E-state index in [9.17, 15) is 4.79 Å². The predicted octanol–water partition coefficient (Wildman–Crippen LogP) is 1.05. The highest BCUT2D eigenvalue weighted by Gasteiger charge is 2.19. The largest absolute Gasteiger partial charge is 0.464 e. The van der Waals surface area contributed by atoms with E-state index in [0.717, 1.165) is 25.3 Å². The molecule has 1 aliphatic heterocycles. The third-order valence-corrected chi connectivity index (χ3v) is 3.50. The lowest BCUT2D eigenvalue weighted by molar-refractivity contribution is 0.0593. The highest BCUT2D eigenvalue weighted by atomic mass is 16.5. The molecule has 1 saturated heterocycles. The van der Waals surface area contributed by atoms with Crippen LogP contribution in [0.2, 0.25) is 0 Å². The van der Waals surface area contributed by atoms with Gasteiger partial charge in [-0.1, -0.05) is 6.07 Å². The first-order chi connectivity index (χ1) is 9.22. The molecule has 1 atom stereocenters. The molecular weight excluding hydrogens is 242 g/mol. The Bertz CT molecular complexity index is 436. The fourth-order valence-corrected chi connectivity index (χ4v) is 2.45. The van der Waals surface area contributed by atoms with Gasteiger partial charge in [0.2, 0.25) is 0 Å². The van der Waals surface area contributed by atoms with Crippen molar-refractivity contribution < 1.29 is 9.53 Å². The Labute approximate surface area is 114 Å². The van der Waals surface area contributed by atoms with E-state index in [0.29, 0.717) is 11.7 Å². The number of hydrogen-bond donors (Lipinski definition) is 1. The van der Waals surface area contributed by atoms with Crippen LogP contribution in [0.3, 0.4) is 0 Å². The summed E-state index contributed by atoms with van der Waals surface area (Å²) in [5.74, 6) is -0.381. The summed E-state index contributed by atoms with van der Waals surface area (Å²) in [6, 6.07) is 6.04. The molecule has 2 heterocycles. The van der Waals surface area contributed by atoms with Gasteiger partial charge in [-0.25, -0.2) is 9.78 Å². The number of carbonyl (C=O) groups excluding carboxylic acids is 1. The summed E-state index contributed by atoms with van der Waals surface area (Å²) >= 11 is 0. The van der Waals surface area contributed by atoms with Crippen LogP contribution in [0.5, 0.6) is 0 Å². The number of pyridine rings is 1. The summed E-state index contributed by atoms with van der Waals surface area (Å²) in [5, 5.41) is 3.32. The van der Waals surface area contributed by atoms with Crippen molar-refractivity contribution >= 4 is 5.97 Å². The number of rotatable bonds is 4. The molecule has 2 rings (SSSR count). The first kappa shape index (κ1) is 14.0. The number of nitrogens with one attached hydrogen (secondary N) is 1. The number of ether oxygens (including phenoxy) is 1. The smallest absolute Gasteiger partial charge is 0.356 e. The Morgan fingerprint density at radius 3 is 3.16 bits per heavy atom. The number of aromatic nitrogens is 1. The zero-order valence-corrected chi connectivity index (χ0v) is 11.6. The Morgan fingerprint density at radius 2 is 2.42 bits per heavy atom. The molecule has 1 unspecified atom stereocenters. The van der Waals surface area contributed by atoms with Crippen LogP contribution in [0.1, 0.15) is 29.0 Å². The minimum atomic E-state index is -0.381. The summed E-state index contributed by atoms with van der Waals surface area (Å²) in [5.41, 5.74) is 1.29.